The Morgan fingerprint density at radius 3 is 2.29 bits per heavy atom. The summed E-state index contributed by atoms with van der Waals surface area (Å²) in [5.74, 6) is -0.607. The van der Waals surface area contributed by atoms with Crippen LogP contribution in [0.15, 0.2) is 40.0 Å². The molecule has 1 fully saturated rings. The number of imide groups is 1. The van der Waals surface area contributed by atoms with Crippen molar-refractivity contribution in [1.29, 1.82) is 0 Å². The third kappa shape index (κ3) is 5.34. The Hall–Kier alpha value is -2.84. The Morgan fingerprint density at radius 2 is 1.75 bits per heavy atom. The van der Waals surface area contributed by atoms with E-state index in [2.05, 4.69) is 10.4 Å². The Labute approximate surface area is 159 Å². The first-order valence-corrected chi connectivity index (χ1v) is 9.26. The maximum atomic E-state index is 12.1. The van der Waals surface area contributed by atoms with Crippen molar-refractivity contribution in [3.63, 3.8) is 0 Å². The van der Waals surface area contributed by atoms with Gasteiger partial charge < -0.3 is 25.7 Å². The molecule has 3 unspecified atom stereocenters. The topological polar surface area (TPSA) is 198 Å². The van der Waals surface area contributed by atoms with Crippen LogP contribution in [-0.2, 0) is 14.8 Å². The molecule has 0 bridgehead atoms. The van der Waals surface area contributed by atoms with Gasteiger partial charge in [0.25, 0.3) is 15.9 Å². The number of benzene rings is 1. The molecule has 1 aromatic carbocycles. The molecule has 1 saturated heterocycles. The summed E-state index contributed by atoms with van der Waals surface area (Å²) in [5.41, 5.74) is 0.465. The summed E-state index contributed by atoms with van der Waals surface area (Å²) >= 11 is 0. The number of nitrogens with zero attached hydrogens (tertiary/aromatic N) is 1. The Kier molecular flexibility index (Phi) is 6.82. The number of rotatable bonds is 8. The van der Waals surface area contributed by atoms with Crippen molar-refractivity contribution in [1.82, 2.24) is 15.5 Å². The molecule has 0 aliphatic carbocycles. The van der Waals surface area contributed by atoms with Crippen LogP contribution in [0.3, 0.4) is 0 Å². The fourth-order valence-electron chi connectivity index (χ4n) is 2.04. The molecule has 0 radical (unpaired) electrons. The molecule has 13 heteroatoms. The highest BCUT2D eigenvalue weighted by molar-refractivity contribution is 7.89. The van der Waals surface area contributed by atoms with Crippen molar-refractivity contribution in [2.75, 3.05) is 6.61 Å². The highest BCUT2D eigenvalue weighted by atomic mass is 32.2. The molecule has 3 atom stereocenters. The molecule has 1 heterocycles. The van der Waals surface area contributed by atoms with Crippen LogP contribution in [0.25, 0.3) is 6.08 Å². The van der Waals surface area contributed by atoms with Crippen LogP contribution in [0.5, 0.6) is 0 Å². The second-order valence-electron chi connectivity index (χ2n) is 5.64. The number of hydrazone groups is 1. The van der Waals surface area contributed by atoms with Crippen molar-refractivity contribution in [2.24, 2.45) is 5.10 Å². The monoisotopic (exact) mass is 414 g/mol. The van der Waals surface area contributed by atoms with Gasteiger partial charge in [-0.1, -0.05) is 12.1 Å². The van der Waals surface area contributed by atoms with Crippen LogP contribution in [0.4, 0.5) is 4.79 Å². The maximum Gasteiger partial charge on any atom is 0.326 e. The van der Waals surface area contributed by atoms with Crippen LogP contribution in [0.2, 0.25) is 0 Å². The van der Waals surface area contributed by atoms with Gasteiger partial charge in [0.05, 0.1) is 17.7 Å². The van der Waals surface area contributed by atoms with Gasteiger partial charge in [0.15, 0.2) is 0 Å². The number of nitrogens with one attached hydrogen (secondary N) is 3. The quantitative estimate of drug-likeness (QED) is 0.102. The lowest BCUT2D eigenvalue weighted by atomic mass is 10.1. The molecule has 0 spiro atoms. The van der Waals surface area contributed by atoms with Crippen LogP contribution in [0, 0.1) is 0 Å². The van der Waals surface area contributed by atoms with Crippen molar-refractivity contribution >= 4 is 34.3 Å². The largest absolute Gasteiger partial charge is 0.394 e. The molecule has 1 aliphatic heterocycles. The lowest BCUT2D eigenvalue weighted by Crippen LogP contribution is -2.40. The number of carbonyl (C=O) groups is 2. The molecule has 7 N–H and O–H groups in total. The highest BCUT2D eigenvalue weighted by Crippen LogP contribution is 2.13. The average molecular weight is 414 g/mol. The molecular weight excluding hydrogens is 396 g/mol. The van der Waals surface area contributed by atoms with E-state index in [1.807, 2.05) is 10.1 Å². The fourth-order valence-corrected chi connectivity index (χ4v) is 2.84. The number of amides is 3. The van der Waals surface area contributed by atoms with Crippen molar-refractivity contribution < 1.29 is 38.4 Å². The van der Waals surface area contributed by atoms with Crippen LogP contribution >= 0.6 is 0 Å². The number of sulfonamides is 1. The zero-order valence-corrected chi connectivity index (χ0v) is 15.0. The van der Waals surface area contributed by atoms with Gasteiger partial charge in [-0.2, -0.15) is 13.5 Å². The first kappa shape index (κ1) is 21.5. The Morgan fingerprint density at radius 1 is 1.11 bits per heavy atom. The Balaban J connectivity index is 2.04. The molecule has 0 saturated carbocycles. The van der Waals surface area contributed by atoms with E-state index in [0.717, 1.165) is 0 Å². The van der Waals surface area contributed by atoms with E-state index in [4.69, 9.17) is 5.11 Å². The van der Waals surface area contributed by atoms with Gasteiger partial charge >= 0.3 is 6.03 Å². The van der Waals surface area contributed by atoms with Gasteiger partial charge in [-0.25, -0.2) is 9.63 Å². The highest BCUT2D eigenvalue weighted by Gasteiger charge is 2.24. The van der Waals surface area contributed by atoms with Crippen molar-refractivity contribution in [2.45, 2.75) is 23.2 Å². The van der Waals surface area contributed by atoms with Crippen LogP contribution < -0.4 is 15.5 Å². The van der Waals surface area contributed by atoms with Gasteiger partial charge in [-0.3, -0.25) is 10.1 Å². The summed E-state index contributed by atoms with van der Waals surface area (Å²) in [6.45, 7) is -0.800. The summed E-state index contributed by atoms with van der Waals surface area (Å²) in [6.07, 6.45) is -3.08. The van der Waals surface area contributed by atoms with Gasteiger partial charge in [-0.15, -0.1) is 0 Å². The number of hydrogen-bond acceptors (Lipinski definition) is 9. The van der Waals surface area contributed by atoms with Gasteiger partial charge in [0, 0.05) is 0 Å². The SMILES string of the molecule is O=C1NC(=O)/C(=C/c2ccc(S(=O)(=O)NN=CC(O)C(O)C(O)CO)cc2)N1. The molecular formula is C15H18N4O8S. The standard InChI is InChI=1S/C15H18N4O8S/c20-7-12(22)13(23)11(21)6-16-19-28(26,27)9-3-1-8(2-4-9)5-10-14(24)18-15(25)17-10/h1-6,11-13,19-23H,7H2,(H2,17,18,24,25)/b10-5-,16-6?. The zero-order chi connectivity index (χ0) is 20.9. The van der Waals surface area contributed by atoms with E-state index >= 15 is 0 Å². The van der Waals surface area contributed by atoms with E-state index in [9.17, 15) is 33.3 Å². The summed E-state index contributed by atoms with van der Waals surface area (Å²) in [4.78, 5) is 24.1. The number of aliphatic hydroxyl groups is 4. The average Bonchev–Trinajstić information content (AvgIpc) is 2.97. The second-order valence-corrected chi connectivity index (χ2v) is 7.30. The van der Waals surface area contributed by atoms with Gasteiger partial charge in [0.2, 0.25) is 0 Å². The molecule has 1 aromatic rings. The third-order valence-electron chi connectivity index (χ3n) is 3.55. The molecule has 0 aromatic heterocycles. The van der Waals surface area contributed by atoms with Crippen molar-refractivity contribution in [3.05, 3.63) is 35.5 Å². The smallest absolute Gasteiger partial charge is 0.326 e. The predicted molar refractivity (Wildman–Crippen MR) is 95.0 cm³/mol. The first-order valence-electron chi connectivity index (χ1n) is 7.78. The molecule has 2 rings (SSSR count). The van der Waals surface area contributed by atoms with E-state index in [1.54, 1.807) is 0 Å². The molecule has 3 amide bonds. The lowest BCUT2D eigenvalue weighted by molar-refractivity contribution is -0.115. The van der Waals surface area contributed by atoms with Crippen LogP contribution in [0.1, 0.15) is 5.56 Å². The lowest BCUT2D eigenvalue weighted by Gasteiger charge is -2.18. The normalized spacial score (nSPS) is 19.4. The minimum Gasteiger partial charge on any atom is -0.394 e. The first-order chi connectivity index (χ1) is 13.1. The summed E-state index contributed by atoms with van der Waals surface area (Å²) in [7, 11) is -4.09. The van der Waals surface area contributed by atoms with E-state index in [0.29, 0.717) is 11.8 Å². The number of hydrogen-bond donors (Lipinski definition) is 7. The van der Waals surface area contributed by atoms with Crippen molar-refractivity contribution in [3.8, 4) is 0 Å². The summed E-state index contributed by atoms with van der Waals surface area (Å²) in [5, 5.41) is 44.4. The van der Waals surface area contributed by atoms with Gasteiger partial charge in [0.1, 0.15) is 24.0 Å². The number of aliphatic hydroxyl groups excluding tert-OH is 4. The number of urea groups is 1. The van der Waals surface area contributed by atoms with E-state index in [-0.39, 0.29) is 10.6 Å². The molecule has 1 aliphatic rings. The molecule has 12 nitrogen and oxygen atoms in total. The maximum absolute atomic E-state index is 12.1. The van der Waals surface area contributed by atoms with Crippen LogP contribution in [-0.4, -0.2) is 71.9 Å². The predicted octanol–water partition coefficient (Wildman–Crippen LogP) is -2.79. The summed E-state index contributed by atoms with van der Waals surface area (Å²) < 4.78 is 24.3. The molecule has 152 valence electrons. The van der Waals surface area contributed by atoms with Gasteiger partial charge in [-0.05, 0) is 23.8 Å². The summed E-state index contributed by atoms with van der Waals surface area (Å²) in [6, 6.07) is 4.56. The van der Waals surface area contributed by atoms with E-state index in [1.165, 1.54) is 30.3 Å². The second kappa shape index (κ2) is 8.90. The minimum atomic E-state index is -4.09. The minimum absolute atomic E-state index is 0.0148. The third-order valence-corrected chi connectivity index (χ3v) is 4.79. The Bertz CT molecular complexity index is 897. The zero-order valence-electron chi connectivity index (χ0n) is 14.2. The fraction of sp³-hybridized carbons (Fsp3) is 0.267. The van der Waals surface area contributed by atoms with E-state index < -0.39 is 46.9 Å². The number of carbonyl (C=O) groups excluding carboxylic acids is 2. The molecule has 28 heavy (non-hydrogen) atoms.